The van der Waals surface area contributed by atoms with Crippen LogP contribution in [0, 0.1) is 11.8 Å². The number of ether oxygens (including phenoxy) is 4. The van der Waals surface area contributed by atoms with E-state index in [1.165, 1.54) is 13.8 Å². The van der Waals surface area contributed by atoms with Gasteiger partial charge in [0.25, 0.3) is 0 Å². The Bertz CT molecular complexity index is 822. The summed E-state index contributed by atoms with van der Waals surface area (Å²) < 4.78 is 22.3. The topological polar surface area (TPSA) is 91.4 Å². The van der Waals surface area contributed by atoms with Crippen molar-refractivity contribution >= 4 is 23.5 Å². The first-order chi connectivity index (χ1) is 16.2. The van der Waals surface area contributed by atoms with Crippen molar-refractivity contribution in [1.82, 2.24) is 0 Å². The van der Waals surface area contributed by atoms with E-state index in [0.29, 0.717) is 42.1 Å². The molecule has 3 atom stereocenters. The summed E-state index contributed by atoms with van der Waals surface area (Å²) in [5.41, 5.74) is 0.870. The molecule has 0 radical (unpaired) electrons. The molecule has 8 heteroatoms. The quantitative estimate of drug-likeness (QED) is 0.152. The first-order valence-corrected chi connectivity index (χ1v) is 11.8. The Kier molecular flexibility index (Phi) is 11.2. The maximum atomic E-state index is 11.6. The van der Waals surface area contributed by atoms with Crippen LogP contribution < -0.4 is 9.64 Å². The third kappa shape index (κ3) is 9.27. The van der Waals surface area contributed by atoms with Gasteiger partial charge in [0.2, 0.25) is 11.8 Å². The monoisotopic (exact) mass is 475 g/mol. The van der Waals surface area contributed by atoms with Crippen molar-refractivity contribution in [2.75, 3.05) is 24.9 Å². The van der Waals surface area contributed by atoms with Crippen LogP contribution in [0.1, 0.15) is 59.8 Å². The molecular weight excluding hydrogens is 438 g/mol. The molecule has 188 valence electrons. The lowest BCUT2D eigenvalue weighted by Crippen LogP contribution is -2.32. The molecule has 1 fully saturated rings. The van der Waals surface area contributed by atoms with Crippen molar-refractivity contribution in [3.8, 4) is 5.75 Å². The lowest BCUT2D eigenvalue weighted by molar-refractivity contribution is -0.172. The molecule has 1 aliphatic carbocycles. The van der Waals surface area contributed by atoms with Gasteiger partial charge in [-0.2, -0.15) is 0 Å². The number of rotatable bonds is 11. The van der Waals surface area contributed by atoms with Crippen molar-refractivity contribution < 1.29 is 33.3 Å². The lowest BCUT2D eigenvalue weighted by Gasteiger charge is -2.19. The van der Waals surface area contributed by atoms with Gasteiger partial charge in [0.05, 0.1) is 18.9 Å². The molecule has 0 N–H and O–H groups in total. The zero-order valence-electron chi connectivity index (χ0n) is 20.7. The van der Waals surface area contributed by atoms with E-state index in [2.05, 4.69) is 6.58 Å². The highest BCUT2D eigenvalue weighted by Gasteiger charge is 2.21. The number of amides is 2. The summed E-state index contributed by atoms with van der Waals surface area (Å²) in [5, 5.41) is 0. The van der Waals surface area contributed by atoms with Gasteiger partial charge < -0.3 is 18.9 Å². The molecule has 0 aromatic heterocycles. The van der Waals surface area contributed by atoms with Crippen LogP contribution >= 0.6 is 0 Å². The van der Waals surface area contributed by atoms with Gasteiger partial charge in [-0.15, -0.1) is 0 Å². The fourth-order valence-electron chi connectivity index (χ4n) is 3.95. The Labute approximate surface area is 202 Å². The number of nitrogens with zero attached hydrogens (tertiary/aromatic N) is 1. The largest absolute Gasteiger partial charge is 0.468 e. The normalized spacial score (nSPS) is 18.9. The molecular formula is C26H37NO7. The molecule has 1 aromatic rings. The Morgan fingerprint density at radius 1 is 0.971 bits per heavy atom. The molecule has 0 aliphatic heterocycles. The molecule has 0 spiro atoms. The number of hydrogen-bond donors (Lipinski definition) is 0. The van der Waals surface area contributed by atoms with Crippen LogP contribution in [0.2, 0.25) is 0 Å². The lowest BCUT2D eigenvalue weighted by atomic mass is 9.99. The third-order valence-corrected chi connectivity index (χ3v) is 5.78. The number of carbonyl (C=O) groups is 3. The Hall–Kier alpha value is -2.71. The van der Waals surface area contributed by atoms with Gasteiger partial charge in [0.1, 0.15) is 5.75 Å². The standard InChI is InChI=1S/C26H37NO7/c1-18(2)26(30)34-21(5)32-16-23-8-6-7-22(9-10-23)15-31-17-33-25-13-11-24(12-14-25)27(19(3)28)20(4)29/h11-14,21-23H,1,6-10,15-17H2,2-5H3. The predicted octanol–water partition coefficient (Wildman–Crippen LogP) is 4.62. The van der Waals surface area contributed by atoms with Gasteiger partial charge in [-0.25, -0.2) is 4.79 Å². The average Bonchev–Trinajstić information content (AvgIpc) is 3.01. The van der Waals surface area contributed by atoms with Crippen LogP contribution in [0.15, 0.2) is 36.4 Å². The molecule has 2 amide bonds. The molecule has 2 rings (SSSR count). The second-order valence-electron chi connectivity index (χ2n) is 8.83. The minimum absolute atomic E-state index is 0.136. The van der Waals surface area contributed by atoms with Crippen molar-refractivity contribution in [2.45, 2.75) is 66.1 Å². The van der Waals surface area contributed by atoms with E-state index >= 15 is 0 Å². The van der Waals surface area contributed by atoms with Crippen LogP contribution in [-0.4, -0.2) is 44.1 Å². The fourth-order valence-corrected chi connectivity index (χ4v) is 3.95. The predicted molar refractivity (Wildman–Crippen MR) is 128 cm³/mol. The van der Waals surface area contributed by atoms with Crippen molar-refractivity contribution in [3.05, 3.63) is 36.4 Å². The van der Waals surface area contributed by atoms with E-state index in [4.69, 9.17) is 18.9 Å². The van der Waals surface area contributed by atoms with Crippen LogP contribution in [0.4, 0.5) is 5.69 Å². The minimum atomic E-state index is -0.578. The molecule has 1 aromatic carbocycles. The zero-order valence-corrected chi connectivity index (χ0v) is 20.7. The molecule has 34 heavy (non-hydrogen) atoms. The first-order valence-electron chi connectivity index (χ1n) is 11.8. The summed E-state index contributed by atoms with van der Waals surface area (Å²) in [7, 11) is 0. The van der Waals surface area contributed by atoms with Crippen molar-refractivity contribution in [1.29, 1.82) is 0 Å². The van der Waals surface area contributed by atoms with Crippen molar-refractivity contribution in [3.63, 3.8) is 0 Å². The third-order valence-electron chi connectivity index (χ3n) is 5.78. The number of imide groups is 1. The van der Waals surface area contributed by atoms with Gasteiger partial charge in [0, 0.05) is 19.4 Å². The Morgan fingerprint density at radius 3 is 2.12 bits per heavy atom. The van der Waals surface area contributed by atoms with Gasteiger partial charge in [-0.05, 0) is 75.6 Å². The van der Waals surface area contributed by atoms with Gasteiger partial charge in [-0.1, -0.05) is 13.0 Å². The van der Waals surface area contributed by atoms with Crippen LogP contribution in [0.25, 0.3) is 0 Å². The highest BCUT2D eigenvalue weighted by Crippen LogP contribution is 2.28. The summed E-state index contributed by atoms with van der Waals surface area (Å²) in [6.07, 6.45) is 4.79. The first kappa shape index (κ1) is 27.5. The van der Waals surface area contributed by atoms with Gasteiger partial charge in [0.15, 0.2) is 13.1 Å². The second kappa shape index (κ2) is 13.9. The molecule has 1 aliphatic rings. The van der Waals surface area contributed by atoms with E-state index in [9.17, 15) is 14.4 Å². The number of anilines is 1. The molecule has 1 saturated carbocycles. The summed E-state index contributed by atoms with van der Waals surface area (Å²) in [5.74, 6) is 0.419. The number of carbonyl (C=O) groups excluding carboxylic acids is 3. The van der Waals surface area contributed by atoms with Crippen LogP contribution in [-0.2, 0) is 28.6 Å². The summed E-state index contributed by atoms with van der Waals surface area (Å²) in [6, 6.07) is 6.77. The minimum Gasteiger partial charge on any atom is -0.468 e. The molecule has 0 heterocycles. The Balaban J connectivity index is 1.66. The van der Waals surface area contributed by atoms with Crippen LogP contribution in [0.5, 0.6) is 5.75 Å². The number of benzene rings is 1. The van der Waals surface area contributed by atoms with E-state index in [1.54, 1.807) is 38.1 Å². The fraction of sp³-hybridized carbons (Fsp3) is 0.577. The molecule has 8 nitrogen and oxygen atoms in total. The highest BCUT2D eigenvalue weighted by atomic mass is 16.7. The van der Waals surface area contributed by atoms with E-state index < -0.39 is 12.3 Å². The zero-order chi connectivity index (χ0) is 25.1. The maximum absolute atomic E-state index is 11.6. The maximum Gasteiger partial charge on any atom is 0.335 e. The second-order valence-corrected chi connectivity index (χ2v) is 8.83. The summed E-state index contributed by atoms with van der Waals surface area (Å²) in [4.78, 5) is 35.9. The van der Waals surface area contributed by atoms with Gasteiger partial charge in [-0.3, -0.25) is 14.5 Å². The molecule has 3 unspecified atom stereocenters. The summed E-state index contributed by atoms with van der Waals surface area (Å²) in [6.45, 7) is 11.0. The van der Waals surface area contributed by atoms with E-state index in [-0.39, 0.29) is 18.6 Å². The SMILES string of the molecule is C=C(C)C(=O)OC(C)OCC1CCCC(COCOc2ccc(N(C(C)=O)C(C)=O)cc2)CC1. The molecule has 0 saturated heterocycles. The number of esters is 1. The summed E-state index contributed by atoms with van der Waals surface area (Å²) >= 11 is 0. The van der Waals surface area contributed by atoms with Gasteiger partial charge >= 0.3 is 5.97 Å². The highest BCUT2D eigenvalue weighted by molar-refractivity contribution is 6.13. The Morgan fingerprint density at radius 2 is 1.56 bits per heavy atom. The van der Waals surface area contributed by atoms with E-state index in [1.807, 2.05) is 0 Å². The number of hydrogen-bond acceptors (Lipinski definition) is 7. The van der Waals surface area contributed by atoms with Crippen LogP contribution in [0.3, 0.4) is 0 Å². The molecule has 0 bridgehead atoms. The smallest absolute Gasteiger partial charge is 0.335 e. The average molecular weight is 476 g/mol. The van der Waals surface area contributed by atoms with E-state index in [0.717, 1.165) is 37.0 Å². The van der Waals surface area contributed by atoms with Crippen molar-refractivity contribution in [2.24, 2.45) is 11.8 Å².